The second-order valence-corrected chi connectivity index (χ2v) is 9.67. The molecule has 3 atom stereocenters. The SMILES string of the molecule is CC1(C)CCCN(C2CCCC(S(C)(=O)=O)C2)C1C(=O)O. The molecule has 21 heavy (non-hydrogen) atoms. The minimum atomic E-state index is -3.04. The lowest BCUT2D eigenvalue weighted by molar-refractivity contribution is -0.153. The molecular weight excluding hydrogens is 290 g/mol. The molecule has 0 radical (unpaired) electrons. The summed E-state index contributed by atoms with van der Waals surface area (Å²) in [6.45, 7) is 4.78. The van der Waals surface area contributed by atoms with Crippen LogP contribution in [-0.4, -0.2) is 54.5 Å². The maximum atomic E-state index is 11.8. The van der Waals surface area contributed by atoms with Crippen molar-refractivity contribution in [2.24, 2.45) is 5.41 Å². The minimum absolute atomic E-state index is 0.0825. The minimum Gasteiger partial charge on any atom is -0.480 e. The number of rotatable bonds is 3. The van der Waals surface area contributed by atoms with E-state index in [1.54, 1.807) is 0 Å². The van der Waals surface area contributed by atoms with E-state index in [0.717, 1.165) is 32.2 Å². The summed E-state index contributed by atoms with van der Waals surface area (Å²) in [5.74, 6) is -0.777. The van der Waals surface area contributed by atoms with Crippen molar-refractivity contribution < 1.29 is 18.3 Å². The Kier molecular flexibility index (Phi) is 4.69. The van der Waals surface area contributed by atoms with Crippen LogP contribution in [0.1, 0.15) is 52.4 Å². The van der Waals surface area contributed by atoms with Gasteiger partial charge in [0.05, 0.1) is 5.25 Å². The Balaban J connectivity index is 2.20. The summed E-state index contributed by atoms with van der Waals surface area (Å²) >= 11 is 0. The van der Waals surface area contributed by atoms with E-state index in [1.165, 1.54) is 6.26 Å². The summed E-state index contributed by atoms with van der Waals surface area (Å²) in [6.07, 6.45) is 6.26. The van der Waals surface area contributed by atoms with Gasteiger partial charge in [-0.1, -0.05) is 20.3 Å². The van der Waals surface area contributed by atoms with E-state index >= 15 is 0 Å². The van der Waals surface area contributed by atoms with Crippen molar-refractivity contribution in [1.29, 1.82) is 0 Å². The quantitative estimate of drug-likeness (QED) is 0.861. The normalized spacial score (nSPS) is 34.5. The average molecular weight is 317 g/mol. The molecule has 3 unspecified atom stereocenters. The van der Waals surface area contributed by atoms with Crippen LogP contribution in [0.2, 0.25) is 0 Å². The van der Waals surface area contributed by atoms with Gasteiger partial charge in [-0.2, -0.15) is 0 Å². The number of likely N-dealkylation sites (tertiary alicyclic amines) is 1. The average Bonchev–Trinajstić information content (AvgIpc) is 2.36. The van der Waals surface area contributed by atoms with E-state index < -0.39 is 21.8 Å². The lowest BCUT2D eigenvalue weighted by Crippen LogP contribution is -2.58. The summed E-state index contributed by atoms with van der Waals surface area (Å²) in [7, 11) is -3.04. The van der Waals surface area contributed by atoms with Crippen LogP contribution in [0.15, 0.2) is 0 Å². The molecule has 2 rings (SSSR count). The van der Waals surface area contributed by atoms with E-state index in [9.17, 15) is 18.3 Å². The number of sulfone groups is 1. The third-order valence-electron chi connectivity index (χ3n) is 5.22. The third-order valence-corrected chi connectivity index (χ3v) is 6.86. The Hall–Kier alpha value is -0.620. The van der Waals surface area contributed by atoms with E-state index in [0.29, 0.717) is 12.8 Å². The van der Waals surface area contributed by atoms with Crippen LogP contribution in [0.4, 0.5) is 0 Å². The van der Waals surface area contributed by atoms with Gasteiger partial charge in [0.15, 0.2) is 0 Å². The van der Waals surface area contributed by atoms with Crippen molar-refractivity contribution in [3.8, 4) is 0 Å². The van der Waals surface area contributed by atoms with Gasteiger partial charge in [-0.3, -0.25) is 9.69 Å². The van der Waals surface area contributed by atoms with Gasteiger partial charge in [0, 0.05) is 12.3 Å². The van der Waals surface area contributed by atoms with Crippen molar-refractivity contribution >= 4 is 15.8 Å². The van der Waals surface area contributed by atoms with Crippen molar-refractivity contribution in [3.63, 3.8) is 0 Å². The molecule has 6 heteroatoms. The summed E-state index contributed by atoms with van der Waals surface area (Å²) in [6, 6.07) is -0.422. The highest BCUT2D eigenvalue weighted by atomic mass is 32.2. The second-order valence-electron chi connectivity index (χ2n) is 7.34. The van der Waals surface area contributed by atoms with Crippen LogP contribution >= 0.6 is 0 Å². The van der Waals surface area contributed by atoms with Crippen LogP contribution in [0.5, 0.6) is 0 Å². The van der Waals surface area contributed by atoms with Crippen LogP contribution in [0.25, 0.3) is 0 Å². The van der Waals surface area contributed by atoms with Crippen molar-refractivity contribution in [3.05, 3.63) is 0 Å². The first-order chi connectivity index (χ1) is 9.63. The number of piperidine rings is 1. The molecule has 122 valence electrons. The maximum absolute atomic E-state index is 11.8. The van der Waals surface area contributed by atoms with Gasteiger partial charge in [0.1, 0.15) is 15.9 Å². The van der Waals surface area contributed by atoms with Crippen LogP contribution in [-0.2, 0) is 14.6 Å². The molecule has 0 aromatic heterocycles. The highest BCUT2D eigenvalue weighted by Crippen LogP contribution is 2.39. The fourth-order valence-corrected chi connectivity index (χ4v) is 5.28. The van der Waals surface area contributed by atoms with Crippen molar-refractivity contribution in [2.45, 2.75) is 69.7 Å². The summed E-state index contributed by atoms with van der Waals surface area (Å²) < 4.78 is 23.6. The van der Waals surface area contributed by atoms with Gasteiger partial charge in [0.2, 0.25) is 0 Å². The summed E-state index contributed by atoms with van der Waals surface area (Å²) in [5.41, 5.74) is -0.262. The topological polar surface area (TPSA) is 74.7 Å². The molecule has 2 aliphatic rings. The van der Waals surface area contributed by atoms with Gasteiger partial charge in [-0.25, -0.2) is 8.42 Å². The Bertz CT molecular complexity index is 500. The molecule has 0 aromatic rings. The second kappa shape index (κ2) is 5.88. The predicted octanol–water partition coefficient (Wildman–Crippen LogP) is 1.92. The van der Waals surface area contributed by atoms with Gasteiger partial charge in [-0.05, 0) is 44.1 Å². The number of hydrogen-bond acceptors (Lipinski definition) is 4. The lowest BCUT2D eigenvalue weighted by atomic mass is 9.75. The maximum Gasteiger partial charge on any atom is 0.321 e. The smallest absolute Gasteiger partial charge is 0.321 e. The Labute approximate surface area is 127 Å². The molecule has 1 saturated heterocycles. The van der Waals surface area contributed by atoms with E-state index in [2.05, 4.69) is 4.90 Å². The first kappa shape index (κ1) is 16.7. The molecule has 0 aromatic carbocycles. The molecule has 0 bridgehead atoms. The molecule has 1 saturated carbocycles. The van der Waals surface area contributed by atoms with Gasteiger partial charge in [0.25, 0.3) is 0 Å². The summed E-state index contributed by atoms with van der Waals surface area (Å²) in [5, 5.41) is 9.33. The van der Waals surface area contributed by atoms with Crippen LogP contribution in [0, 0.1) is 5.41 Å². The number of carboxylic acids is 1. The zero-order valence-electron chi connectivity index (χ0n) is 13.2. The fraction of sp³-hybridized carbons (Fsp3) is 0.933. The van der Waals surface area contributed by atoms with E-state index in [-0.39, 0.29) is 16.7 Å². The molecular formula is C15H27NO4S. The van der Waals surface area contributed by atoms with Gasteiger partial charge < -0.3 is 5.11 Å². The van der Waals surface area contributed by atoms with E-state index in [1.807, 2.05) is 13.8 Å². The number of aliphatic carboxylic acids is 1. The molecule has 0 spiro atoms. The first-order valence-electron chi connectivity index (χ1n) is 7.80. The highest BCUT2D eigenvalue weighted by Gasteiger charge is 2.46. The highest BCUT2D eigenvalue weighted by molar-refractivity contribution is 7.91. The number of hydrogen-bond donors (Lipinski definition) is 1. The molecule has 1 heterocycles. The lowest BCUT2D eigenvalue weighted by Gasteiger charge is -2.49. The third kappa shape index (κ3) is 3.59. The predicted molar refractivity (Wildman–Crippen MR) is 82.0 cm³/mol. The molecule has 0 amide bonds. The standard InChI is InChI=1S/C15H27NO4S/c1-15(2)8-5-9-16(13(15)14(17)18)11-6-4-7-12(10-11)21(3,19)20/h11-13H,4-10H2,1-3H3,(H,17,18). The van der Waals surface area contributed by atoms with Gasteiger partial charge in [-0.15, -0.1) is 0 Å². The van der Waals surface area contributed by atoms with Crippen molar-refractivity contribution in [2.75, 3.05) is 12.8 Å². The molecule has 2 fully saturated rings. The number of carbonyl (C=O) groups is 1. The van der Waals surface area contributed by atoms with Gasteiger partial charge >= 0.3 is 5.97 Å². The zero-order valence-corrected chi connectivity index (χ0v) is 14.0. The zero-order chi connectivity index (χ0) is 15.8. The molecule has 1 aliphatic carbocycles. The number of carboxylic acid groups (broad SMARTS) is 1. The number of nitrogens with zero attached hydrogens (tertiary/aromatic N) is 1. The van der Waals surface area contributed by atoms with Crippen molar-refractivity contribution in [1.82, 2.24) is 4.90 Å². The molecule has 1 N–H and O–H groups in total. The first-order valence-corrected chi connectivity index (χ1v) is 9.76. The largest absolute Gasteiger partial charge is 0.480 e. The molecule has 1 aliphatic heterocycles. The Morgan fingerprint density at radius 2 is 1.90 bits per heavy atom. The fourth-order valence-electron chi connectivity index (χ4n) is 4.11. The van der Waals surface area contributed by atoms with Crippen LogP contribution in [0.3, 0.4) is 0 Å². The Morgan fingerprint density at radius 3 is 2.48 bits per heavy atom. The van der Waals surface area contributed by atoms with E-state index in [4.69, 9.17) is 0 Å². The molecule has 5 nitrogen and oxygen atoms in total. The Morgan fingerprint density at radius 1 is 1.24 bits per heavy atom. The van der Waals surface area contributed by atoms with Crippen LogP contribution < -0.4 is 0 Å². The summed E-state index contributed by atoms with van der Waals surface area (Å²) in [4.78, 5) is 13.8. The monoisotopic (exact) mass is 317 g/mol.